The van der Waals surface area contributed by atoms with Crippen LogP contribution in [-0.2, 0) is 10.0 Å². The highest BCUT2D eigenvalue weighted by molar-refractivity contribution is 7.89. The van der Waals surface area contributed by atoms with Crippen LogP contribution in [0.4, 0.5) is 0 Å². The minimum Gasteiger partial charge on any atom is -0.242 e. The van der Waals surface area contributed by atoms with Crippen molar-refractivity contribution in [2.45, 2.75) is 11.8 Å². The maximum Gasteiger partial charge on any atom is 0.242 e. The van der Waals surface area contributed by atoms with E-state index >= 15 is 0 Å². The van der Waals surface area contributed by atoms with Crippen LogP contribution < -0.4 is 4.72 Å². The van der Waals surface area contributed by atoms with Gasteiger partial charge < -0.3 is 0 Å². The fourth-order valence-corrected chi connectivity index (χ4v) is 2.35. The molecule has 0 saturated carbocycles. The third kappa shape index (κ3) is 3.82. The Morgan fingerprint density at radius 1 is 1.59 bits per heavy atom. The van der Waals surface area contributed by atoms with Crippen molar-refractivity contribution < 1.29 is 8.42 Å². The van der Waals surface area contributed by atoms with Crippen molar-refractivity contribution in [3.8, 4) is 6.07 Å². The molecule has 92 valence electrons. The van der Waals surface area contributed by atoms with Crippen molar-refractivity contribution in [3.63, 3.8) is 0 Å². The number of nitrogens with one attached hydrogen (secondary N) is 1. The summed E-state index contributed by atoms with van der Waals surface area (Å²) in [7, 11) is -3.71. The Morgan fingerprint density at radius 2 is 2.24 bits per heavy atom. The van der Waals surface area contributed by atoms with Gasteiger partial charge in [0.05, 0.1) is 17.0 Å². The summed E-state index contributed by atoms with van der Waals surface area (Å²) >= 11 is 11.3. The molecule has 0 saturated heterocycles. The molecule has 0 aromatic carbocycles. The quantitative estimate of drug-likeness (QED) is 0.859. The summed E-state index contributed by atoms with van der Waals surface area (Å²) in [6.45, 7) is 1.63. The fraction of sp³-hybridized carbons (Fsp3) is 0.333. The lowest BCUT2D eigenvalue weighted by atomic mass is 10.2. The van der Waals surface area contributed by atoms with Gasteiger partial charge in [0, 0.05) is 12.7 Å². The smallest absolute Gasteiger partial charge is 0.242 e. The molecular formula is C9H9Cl2N3O2S. The fourth-order valence-electron chi connectivity index (χ4n) is 0.914. The van der Waals surface area contributed by atoms with E-state index in [1.54, 1.807) is 6.92 Å². The lowest BCUT2D eigenvalue weighted by Gasteiger charge is -2.07. The van der Waals surface area contributed by atoms with Gasteiger partial charge in [0.25, 0.3) is 0 Å². The Bertz CT molecular complexity index is 554. The third-order valence-electron chi connectivity index (χ3n) is 1.88. The zero-order valence-corrected chi connectivity index (χ0v) is 11.1. The minimum atomic E-state index is -3.71. The summed E-state index contributed by atoms with van der Waals surface area (Å²) in [5.41, 5.74) is 0. The number of nitriles is 1. The van der Waals surface area contributed by atoms with Gasteiger partial charge in [-0.15, -0.1) is 0 Å². The molecule has 1 heterocycles. The van der Waals surface area contributed by atoms with Crippen LogP contribution in [0.1, 0.15) is 6.92 Å². The molecule has 8 heteroatoms. The van der Waals surface area contributed by atoms with E-state index in [0.717, 1.165) is 6.20 Å². The topological polar surface area (TPSA) is 82.9 Å². The van der Waals surface area contributed by atoms with Crippen molar-refractivity contribution in [2.75, 3.05) is 6.54 Å². The normalized spacial score (nSPS) is 13.1. The Morgan fingerprint density at radius 3 is 2.76 bits per heavy atom. The molecule has 1 unspecified atom stereocenters. The molecule has 0 aliphatic rings. The van der Waals surface area contributed by atoms with Gasteiger partial charge in [-0.25, -0.2) is 18.1 Å². The first-order valence-electron chi connectivity index (χ1n) is 4.57. The molecule has 1 N–H and O–H groups in total. The van der Waals surface area contributed by atoms with E-state index < -0.39 is 15.9 Å². The van der Waals surface area contributed by atoms with Gasteiger partial charge in [-0.1, -0.05) is 23.2 Å². The van der Waals surface area contributed by atoms with Gasteiger partial charge in [-0.2, -0.15) is 5.26 Å². The Balaban J connectivity index is 2.91. The van der Waals surface area contributed by atoms with E-state index in [4.69, 9.17) is 28.5 Å². The molecule has 0 aliphatic carbocycles. The largest absolute Gasteiger partial charge is 0.242 e. The molecule has 1 atom stereocenters. The van der Waals surface area contributed by atoms with Gasteiger partial charge in [0.2, 0.25) is 10.0 Å². The Hall–Kier alpha value is -0.870. The molecule has 0 spiro atoms. The van der Waals surface area contributed by atoms with Crippen LogP contribution in [0.3, 0.4) is 0 Å². The summed E-state index contributed by atoms with van der Waals surface area (Å²) in [4.78, 5) is 3.56. The van der Waals surface area contributed by atoms with E-state index in [2.05, 4.69) is 9.71 Å². The molecule has 0 amide bonds. The number of hydrogen-bond donors (Lipinski definition) is 1. The number of pyridine rings is 1. The maximum atomic E-state index is 11.8. The predicted octanol–water partition coefficient (Wildman–Crippen LogP) is 1.83. The number of rotatable bonds is 4. The Labute approximate surface area is 109 Å². The monoisotopic (exact) mass is 293 g/mol. The number of hydrogen-bond acceptors (Lipinski definition) is 4. The molecule has 17 heavy (non-hydrogen) atoms. The Kier molecular flexibility index (Phi) is 4.71. The summed E-state index contributed by atoms with van der Waals surface area (Å²) < 4.78 is 25.8. The summed E-state index contributed by atoms with van der Waals surface area (Å²) in [5, 5.41) is 8.64. The zero-order valence-electron chi connectivity index (χ0n) is 8.81. The molecule has 1 rings (SSSR count). The van der Waals surface area contributed by atoms with Crippen LogP contribution >= 0.6 is 23.2 Å². The lowest BCUT2D eigenvalue weighted by molar-refractivity contribution is 0.572. The van der Waals surface area contributed by atoms with Gasteiger partial charge >= 0.3 is 0 Å². The van der Waals surface area contributed by atoms with E-state index in [0.29, 0.717) is 0 Å². The third-order valence-corrected chi connectivity index (χ3v) is 3.96. The minimum absolute atomic E-state index is 0.0269. The summed E-state index contributed by atoms with van der Waals surface area (Å²) in [5.74, 6) is -0.416. The first-order chi connectivity index (χ1) is 7.86. The van der Waals surface area contributed by atoms with E-state index in [-0.39, 0.29) is 21.6 Å². The van der Waals surface area contributed by atoms with Gasteiger partial charge in [0.1, 0.15) is 10.0 Å². The van der Waals surface area contributed by atoms with Crippen molar-refractivity contribution in [3.05, 3.63) is 22.4 Å². The molecule has 0 fully saturated rings. The second-order valence-corrected chi connectivity index (χ2v) is 5.86. The van der Waals surface area contributed by atoms with Crippen LogP contribution in [0.25, 0.3) is 0 Å². The second kappa shape index (κ2) is 5.65. The zero-order chi connectivity index (χ0) is 13.1. The summed E-state index contributed by atoms with van der Waals surface area (Å²) in [6.07, 6.45) is 1.10. The number of sulfonamides is 1. The van der Waals surface area contributed by atoms with Crippen molar-refractivity contribution in [1.82, 2.24) is 9.71 Å². The predicted molar refractivity (Wildman–Crippen MR) is 64.2 cm³/mol. The number of halogens is 2. The maximum absolute atomic E-state index is 11.8. The molecule has 5 nitrogen and oxygen atoms in total. The number of aromatic nitrogens is 1. The van der Waals surface area contributed by atoms with Crippen LogP contribution in [0, 0.1) is 17.2 Å². The second-order valence-electron chi connectivity index (χ2n) is 3.33. The van der Waals surface area contributed by atoms with Crippen LogP contribution in [0.15, 0.2) is 17.2 Å². The van der Waals surface area contributed by atoms with Crippen LogP contribution in [0.5, 0.6) is 0 Å². The SMILES string of the molecule is CC(C#N)CNS(=O)(=O)c1cnc(Cl)c(Cl)c1. The molecule has 0 bridgehead atoms. The van der Waals surface area contributed by atoms with Crippen molar-refractivity contribution in [2.24, 2.45) is 5.92 Å². The van der Waals surface area contributed by atoms with Gasteiger partial charge in [0.15, 0.2) is 0 Å². The lowest BCUT2D eigenvalue weighted by Crippen LogP contribution is -2.28. The average molecular weight is 294 g/mol. The molecular weight excluding hydrogens is 285 g/mol. The molecule has 1 aromatic rings. The van der Waals surface area contributed by atoms with Gasteiger partial charge in [-0.05, 0) is 13.0 Å². The van der Waals surface area contributed by atoms with E-state index in [1.807, 2.05) is 6.07 Å². The highest BCUT2D eigenvalue weighted by Gasteiger charge is 2.16. The highest BCUT2D eigenvalue weighted by atomic mass is 35.5. The van der Waals surface area contributed by atoms with E-state index in [9.17, 15) is 8.42 Å². The first kappa shape index (κ1) is 14.2. The first-order valence-corrected chi connectivity index (χ1v) is 6.81. The van der Waals surface area contributed by atoms with Crippen molar-refractivity contribution >= 4 is 33.2 Å². The molecule has 0 radical (unpaired) electrons. The molecule has 0 aliphatic heterocycles. The average Bonchev–Trinajstić information content (AvgIpc) is 2.29. The van der Waals surface area contributed by atoms with Crippen LogP contribution in [-0.4, -0.2) is 19.9 Å². The standard InChI is InChI=1S/C9H9Cl2N3O2S/c1-6(3-12)4-14-17(15,16)7-2-8(10)9(11)13-5-7/h2,5-6,14H,4H2,1H3. The summed E-state index contributed by atoms with van der Waals surface area (Å²) in [6, 6.07) is 3.12. The van der Waals surface area contributed by atoms with Crippen LogP contribution in [0.2, 0.25) is 10.2 Å². The van der Waals surface area contributed by atoms with Gasteiger partial charge in [-0.3, -0.25) is 0 Å². The highest BCUT2D eigenvalue weighted by Crippen LogP contribution is 2.21. The molecule has 1 aromatic heterocycles. The van der Waals surface area contributed by atoms with E-state index in [1.165, 1.54) is 6.07 Å². The van der Waals surface area contributed by atoms with Crippen molar-refractivity contribution in [1.29, 1.82) is 5.26 Å². The number of nitrogens with zero attached hydrogens (tertiary/aromatic N) is 2.